The van der Waals surface area contributed by atoms with Gasteiger partial charge in [-0.15, -0.1) is 0 Å². The first kappa shape index (κ1) is 13.7. The van der Waals surface area contributed by atoms with Crippen molar-refractivity contribution in [2.24, 2.45) is 5.73 Å². The molecule has 1 fully saturated rings. The number of rotatable bonds is 4. The molecule has 2 rings (SSSR count). The summed E-state index contributed by atoms with van der Waals surface area (Å²) in [7, 11) is 3.24. The van der Waals surface area contributed by atoms with E-state index in [1.165, 1.54) is 0 Å². The largest absolute Gasteiger partial charge is 0.497 e. The molecular formula is C14H20N2O3. The number of hydrogen-bond donors (Lipinski definition) is 1. The lowest BCUT2D eigenvalue weighted by atomic mass is 10.1. The van der Waals surface area contributed by atoms with Gasteiger partial charge in [-0.3, -0.25) is 4.79 Å². The lowest BCUT2D eigenvalue weighted by Crippen LogP contribution is -2.31. The molecule has 0 radical (unpaired) electrons. The molecular weight excluding hydrogens is 244 g/mol. The van der Waals surface area contributed by atoms with Gasteiger partial charge in [-0.25, -0.2) is 0 Å². The number of hydrogen-bond acceptors (Lipinski definition) is 4. The van der Waals surface area contributed by atoms with Crippen LogP contribution in [0.5, 0.6) is 11.5 Å². The summed E-state index contributed by atoms with van der Waals surface area (Å²) >= 11 is 0. The molecule has 1 aliphatic rings. The van der Waals surface area contributed by atoms with Gasteiger partial charge >= 0.3 is 0 Å². The van der Waals surface area contributed by atoms with Crippen LogP contribution < -0.4 is 15.2 Å². The van der Waals surface area contributed by atoms with E-state index in [-0.39, 0.29) is 18.0 Å². The second-order valence-electron chi connectivity index (χ2n) is 4.79. The van der Waals surface area contributed by atoms with E-state index in [1.54, 1.807) is 19.1 Å². The van der Waals surface area contributed by atoms with Crippen LogP contribution in [0.25, 0.3) is 0 Å². The topological polar surface area (TPSA) is 64.8 Å². The molecule has 1 aromatic carbocycles. The van der Waals surface area contributed by atoms with Gasteiger partial charge in [0.15, 0.2) is 0 Å². The highest BCUT2D eigenvalue weighted by molar-refractivity contribution is 5.79. The number of nitrogens with zero attached hydrogens (tertiary/aromatic N) is 1. The molecule has 2 unspecified atom stereocenters. The van der Waals surface area contributed by atoms with Gasteiger partial charge in [0.05, 0.1) is 20.3 Å². The number of likely N-dealkylation sites (tertiary alicyclic amines) is 1. The fraction of sp³-hybridized carbons (Fsp3) is 0.500. The van der Waals surface area contributed by atoms with Crippen LogP contribution in [-0.4, -0.2) is 37.6 Å². The van der Waals surface area contributed by atoms with E-state index in [2.05, 4.69) is 0 Å². The van der Waals surface area contributed by atoms with E-state index in [4.69, 9.17) is 15.2 Å². The molecule has 0 aliphatic carbocycles. The fourth-order valence-electron chi connectivity index (χ4n) is 2.47. The zero-order chi connectivity index (χ0) is 14.0. The van der Waals surface area contributed by atoms with Crippen molar-refractivity contribution in [3.8, 4) is 11.5 Å². The molecule has 2 atom stereocenters. The van der Waals surface area contributed by atoms with Gasteiger partial charge in [0, 0.05) is 24.6 Å². The monoisotopic (exact) mass is 264 g/mol. The first-order chi connectivity index (χ1) is 9.06. The van der Waals surface area contributed by atoms with Crippen molar-refractivity contribution in [2.45, 2.75) is 25.4 Å². The number of benzene rings is 1. The number of amides is 1. The Hall–Kier alpha value is -1.75. The van der Waals surface area contributed by atoms with Crippen LogP contribution in [0.1, 0.15) is 24.9 Å². The second kappa shape index (κ2) is 5.48. The smallest absolute Gasteiger partial charge is 0.224 e. The summed E-state index contributed by atoms with van der Waals surface area (Å²) in [5.74, 6) is 1.59. The van der Waals surface area contributed by atoms with Gasteiger partial charge < -0.3 is 20.1 Å². The van der Waals surface area contributed by atoms with Crippen LogP contribution in [0.15, 0.2) is 18.2 Å². The van der Waals surface area contributed by atoms with Gasteiger partial charge in [0.1, 0.15) is 11.5 Å². The first-order valence-corrected chi connectivity index (χ1v) is 6.33. The van der Waals surface area contributed by atoms with Gasteiger partial charge in [-0.1, -0.05) is 0 Å². The van der Waals surface area contributed by atoms with Crippen molar-refractivity contribution >= 4 is 5.91 Å². The molecule has 0 saturated carbocycles. The highest BCUT2D eigenvalue weighted by Gasteiger charge is 2.32. The number of methoxy groups -OCH3 is 2. The van der Waals surface area contributed by atoms with Crippen LogP contribution in [0, 0.1) is 0 Å². The third kappa shape index (κ3) is 2.66. The summed E-state index contributed by atoms with van der Waals surface area (Å²) in [6.07, 6.45) is 0.413. The molecule has 1 heterocycles. The Morgan fingerprint density at radius 1 is 1.37 bits per heavy atom. The average molecular weight is 264 g/mol. The highest BCUT2D eigenvalue weighted by atomic mass is 16.5. The van der Waals surface area contributed by atoms with E-state index >= 15 is 0 Å². The Kier molecular flexibility index (Phi) is 3.95. The summed E-state index contributed by atoms with van der Waals surface area (Å²) in [5, 5.41) is 0. The van der Waals surface area contributed by atoms with Crippen LogP contribution in [0.4, 0.5) is 0 Å². The SMILES string of the molecule is COc1ccc(OC)c(C(C)N2CC(N)CC2=O)c1. The minimum atomic E-state index is -0.0777. The van der Waals surface area contributed by atoms with Crippen LogP contribution in [0.2, 0.25) is 0 Å². The van der Waals surface area contributed by atoms with E-state index in [9.17, 15) is 4.79 Å². The maximum Gasteiger partial charge on any atom is 0.224 e. The van der Waals surface area contributed by atoms with E-state index in [0.29, 0.717) is 13.0 Å². The van der Waals surface area contributed by atoms with E-state index < -0.39 is 0 Å². The van der Waals surface area contributed by atoms with Crippen molar-refractivity contribution in [1.82, 2.24) is 4.90 Å². The second-order valence-corrected chi connectivity index (χ2v) is 4.79. The predicted molar refractivity (Wildman–Crippen MR) is 72.3 cm³/mol. The van der Waals surface area contributed by atoms with E-state index in [0.717, 1.165) is 17.1 Å². The quantitative estimate of drug-likeness (QED) is 0.891. The minimum absolute atomic E-state index is 0.0773. The average Bonchev–Trinajstić information content (AvgIpc) is 2.76. The van der Waals surface area contributed by atoms with Crippen molar-refractivity contribution in [2.75, 3.05) is 20.8 Å². The van der Waals surface area contributed by atoms with Crippen molar-refractivity contribution in [1.29, 1.82) is 0 Å². The molecule has 19 heavy (non-hydrogen) atoms. The molecule has 0 spiro atoms. The third-order valence-corrected chi connectivity index (χ3v) is 3.54. The molecule has 104 valence electrons. The number of ether oxygens (including phenoxy) is 2. The Morgan fingerprint density at radius 3 is 2.63 bits per heavy atom. The molecule has 1 aliphatic heterocycles. The predicted octanol–water partition coefficient (Wildman–Crippen LogP) is 1.32. The van der Waals surface area contributed by atoms with Gasteiger partial charge in [0.2, 0.25) is 5.91 Å². The zero-order valence-electron chi connectivity index (χ0n) is 11.6. The number of carbonyl (C=O) groups is 1. The molecule has 0 bridgehead atoms. The highest BCUT2D eigenvalue weighted by Crippen LogP contribution is 2.34. The van der Waals surface area contributed by atoms with Gasteiger partial charge in [-0.05, 0) is 25.1 Å². The maximum absolute atomic E-state index is 11.9. The van der Waals surface area contributed by atoms with E-state index in [1.807, 2.05) is 25.1 Å². The zero-order valence-corrected chi connectivity index (χ0v) is 11.6. The first-order valence-electron chi connectivity index (χ1n) is 6.33. The molecule has 0 aromatic heterocycles. The summed E-state index contributed by atoms with van der Waals surface area (Å²) in [6, 6.07) is 5.44. The van der Waals surface area contributed by atoms with Crippen molar-refractivity contribution in [3.63, 3.8) is 0 Å². The molecule has 1 saturated heterocycles. The van der Waals surface area contributed by atoms with Gasteiger partial charge in [0.25, 0.3) is 0 Å². The fourth-order valence-corrected chi connectivity index (χ4v) is 2.47. The normalized spacial score (nSPS) is 20.5. The van der Waals surface area contributed by atoms with Crippen LogP contribution >= 0.6 is 0 Å². The Morgan fingerprint density at radius 2 is 2.11 bits per heavy atom. The maximum atomic E-state index is 11.9. The summed E-state index contributed by atoms with van der Waals surface area (Å²) in [5.41, 5.74) is 6.77. The lowest BCUT2D eigenvalue weighted by molar-refractivity contribution is -0.129. The van der Waals surface area contributed by atoms with Crippen molar-refractivity contribution in [3.05, 3.63) is 23.8 Å². The third-order valence-electron chi connectivity index (χ3n) is 3.54. The Labute approximate surface area is 113 Å². The molecule has 5 nitrogen and oxygen atoms in total. The Bertz CT molecular complexity index is 476. The molecule has 1 amide bonds. The minimum Gasteiger partial charge on any atom is -0.497 e. The molecule has 5 heteroatoms. The molecule has 1 aromatic rings. The van der Waals surface area contributed by atoms with Gasteiger partial charge in [-0.2, -0.15) is 0 Å². The van der Waals surface area contributed by atoms with Crippen LogP contribution in [-0.2, 0) is 4.79 Å². The summed E-state index contributed by atoms with van der Waals surface area (Å²) < 4.78 is 10.6. The summed E-state index contributed by atoms with van der Waals surface area (Å²) in [6.45, 7) is 2.56. The van der Waals surface area contributed by atoms with Crippen LogP contribution in [0.3, 0.4) is 0 Å². The van der Waals surface area contributed by atoms with Crippen molar-refractivity contribution < 1.29 is 14.3 Å². The Balaban J connectivity index is 2.31. The standard InChI is InChI=1S/C14H20N2O3/c1-9(16-8-10(15)6-14(16)17)12-7-11(18-2)4-5-13(12)19-3/h4-5,7,9-10H,6,8,15H2,1-3H3. The lowest BCUT2D eigenvalue weighted by Gasteiger charge is -2.26. The number of nitrogens with two attached hydrogens (primary N) is 1. The number of carbonyl (C=O) groups excluding carboxylic acids is 1. The molecule has 2 N–H and O–H groups in total. The summed E-state index contributed by atoms with van der Waals surface area (Å²) in [4.78, 5) is 13.7.